The van der Waals surface area contributed by atoms with Crippen LogP contribution < -0.4 is 0 Å². The fourth-order valence-corrected chi connectivity index (χ4v) is 2.84. The zero-order valence-corrected chi connectivity index (χ0v) is 12.0. The number of rotatable bonds is 3. The maximum Gasteiger partial charge on any atom is 0.254 e. The lowest BCUT2D eigenvalue weighted by Gasteiger charge is -2.23. The molecule has 0 bridgehead atoms. The van der Waals surface area contributed by atoms with Crippen LogP contribution in [0.3, 0.4) is 0 Å². The molecule has 0 saturated carbocycles. The van der Waals surface area contributed by atoms with Crippen LogP contribution in [0.15, 0.2) is 54.6 Å². The summed E-state index contributed by atoms with van der Waals surface area (Å²) in [6.07, 6.45) is 1.47. The van der Waals surface area contributed by atoms with E-state index in [-0.39, 0.29) is 17.5 Å². The van der Waals surface area contributed by atoms with Gasteiger partial charge in [-0.1, -0.05) is 30.3 Å². The fourth-order valence-electron chi connectivity index (χ4n) is 2.84. The van der Waals surface area contributed by atoms with Gasteiger partial charge in [-0.25, -0.2) is 4.39 Å². The van der Waals surface area contributed by atoms with Crippen molar-refractivity contribution in [1.29, 1.82) is 0 Å². The molecule has 1 aliphatic heterocycles. The van der Waals surface area contributed by atoms with E-state index in [9.17, 15) is 14.0 Å². The Hall–Kier alpha value is -2.49. The highest BCUT2D eigenvalue weighted by atomic mass is 19.1. The highest BCUT2D eigenvalue weighted by Crippen LogP contribution is 2.23. The van der Waals surface area contributed by atoms with Gasteiger partial charge in [0.1, 0.15) is 5.82 Å². The van der Waals surface area contributed by atoms with Gasteiger partial charge in [0.2, 0.25) is 0 Å². The van der Waals surface area contributed by atoms with Gasteiger partial charge in [-0.05, 0) is 37.1 Å². The van der Waals surface area contributed by atoms with Crippen LogP contribution in [0.4, 0.5) is 4.39 Å². The minimum Gasteiger partial charge on any atom is -0.328 e. The molecule has 2 aromatic rings. The number of hydrogen-bond donors (Lipinski definition) is 0. The Bertz CT molecular complexity index is 682. The van der Waals surface area contributed by atoms with Crippen LogP contribution in [-0.4, -0.2) is 29.2 Å². The molecule has 1 atom stereocenters. The molecule has 1 amide bonds. The van der Waals surface area contributed by atoms with Crippen molar-refractivity contribution in [2.45, 2.75) is 18.9 Å². The molecule has 1 aliphatic rings. The highest BCUT2D eigenvalue weighted by molar-refractivity contribution is 6.04. The molecule has 0 aliphatic carbocycles. The van der Waals surface area contributed by atoms with E-state index in [2.05, 4.69) is 0 Å². The Morgan fingerprint density at radius 2 is 1.64 bits per heavy atom. The predicted octanol–water partition coefficient (Wildman–Crippen LogP) is 3.31. The van der Waals surface area contributed by atoms with Crippen molar-refractivity contribution >= 4 is 11.7 Å². The van der Waals surface area contributed by atoms with Gasteiger partial charge in [0, 0.05) is 17.7 Å². The second-order valence-electron chi connectivity index (χ2n) is 5.39. The summed E-state index contributed by atoms with van der Waals surface area (Å²) in [5.74, 6) is -0.629. The van der Waals surface area contributed by atoms with Gasteiger partial charge in [-0.2, -0.15) is 0 Å². The fraction of sp³-hybridized carbons (Fsp3) is 0.222. The van der Waals surface area contributed by atoms with E-state index < -0.39 is 6.04 Å². The molecule has 0 aromatic heterocycles. The molecule has 112 valence electrons. The standard InChI is InChI=1S/C18H16FNO2/c19-15-10-8-14(9-11-15)18(22)20-12-4-7-16(20)17(21)13-5-2-1-3-6-13/h1-3,5-6,8-11,16H,4,7,12H2. The maximum atomic E-state index is 13.0. The lowest BCUT2D eigenvalue weighted by atomic mass is 10.0. The molecule has 1 saturated heterocycles. The molecule has 1 heterocycles. The summed E-state index contributed by atoms with van der Waals surface area (Å²) in [4.78, 5) is 26.7. The molecule has 3 nitrogen and oxygen atoms in total. The van der Waals surface area contributed by atoms with E-state index in [1.54, 1.807) is 17.0 Å². The molecule has 1 unspecified atom stereocenters. The third kappa shape index (κ3) is 2.77. The largest absolute Gasteiger partial charge is 0.328 e. The smallest absolute Gasteiger partial charge is 0.254 e. The average Bonchev–Trinajstić information content (AvgIpc) is 3.04. The van der Waals surface area contributed by atoms with Crippen LogP contribution in [0.5, 0.6) is 0 Å². The number of ketones is 1. The van der Waals surface area contributed by atoms with Crippen LogP contribution in [0.1, 0.15) is 33.6 Å². The average molecular weight is 297 g/mol. The highest BCUT2D eigenvalue weighted by Gasteiger charge is 2.34. The first-order chi connectivity index (χ1) is 10.7. The van der Waals surface area contributed by atoms with Crippen molar-refractivity contribution in [3.63, 3.8) is 0 Å². The van der Waals surface area contributed by atoms with Crippen molar-refractivity contribution in [1.82, 2.24) is 4.90 Å². The molecule has 2 aromatic carbocycles. The number of amides is 1. The monoisotopic (exact) mass is 297 g/mol. The van der Waals surface area contributed by atoms with Gasteiger partial charge in [-0.3, -0.25) is 9.59 Å². The summed E-state index contributed by atoms with van der Waals surface area (Å²) in [5.41, 5.74) is 1.03. The van der Waals surface area contributed by atoms with Gasteiger partial charge < -0.3 is 4.90 Å². The van der Waals surface area contributed by atoms with Gasteiger partial charge in [-0.15, -0.1) is 0 Å². The number of Topliss-reactive ketones (excluding diaryl/α,β-unsaturated/α-hetero) is 1. The van der Waals surface area contributed by atoms with Crippen LogP contribution >= 0.6 is 0 Å². The first-order valence-electron chi connectivity index (χ1n) is 7.32. The summed E-state index contributed by atoms with van der Waals surface area (Å²) in [7, 11) is 0. The van der Waals surface area contributed by atoms with Crippen LogP contribution in [-0.2, 0) is 0 Å². The number of carbonyl (C=O) groups is 2. The summed E-state index contributed by atoms with van der Waals surface area (Å²) in [5, 5.41) is 0. The molecule has 0 spiro atoms. The number of carbonyl (C=O) groups excluding carboxylic acids is 2. The van der Waals surface area contributed by atoms with E-state index in [0.717, 1.165) is 6.42 Å². The van der Waals surface area contributed by atoms with E-state index >= 15 is 0 Å². The van der Waals surface area contributed by atoms with E-state index in [4.69, 9.17) is 0 Å². The summed E-state index contributed by atoms with van der Waals surface area (Å²) >= 11 is 0. The molecule has 0 N–H and O–H groups in total. The van der Waals surface area contributed by atoms with Gasteiger partial charge in [0.25, 0.3) is 5.91 Å². The van der Waals surface area contributed by atoms with E-state index in [1.807, 2.05) is 18.2 Å². The number of halogens is 1. The van der Waals surface area contributed by atoms with Crippen molar-refractivity contribution in [2.24, 2.45) is 0 Å². The molecular formula is C18H16FNO2. The van der Waals surface area contributed by atoms with E-state index in [1.165, 1.54) is 24.3 Å². The summed E-state index contributed by atoms with van der Waals surface area (Å²) in [6, 6.07) is 14.0. The second kappa shape index (κ2) is 6.10. The molecule has 0 radical (unpaired) electrons. The molecule has 22 heavy (non-hydrogen) atoms. The van der Waals surface area contributed by atoms with Crippen LogP contribution in [0.25, 0.3) is 0 Å². The first-order valence-corrected chi connectivity index (χ1v) is 7.32. The molecule has 4 heteroatoms. The quantitative estimate of drug-likeness (QED) is 0.815. The Balaban J connectivity index is 1.82. The number of benzene rings is 2. The first kappa shape index (κ1) is 14.4. The number of hydrogen-bond acceptors (Lipinski definition) is 2. The SMILES string of the molecule is O=C(c1ccccc1)C1CCCN1C(=O)c1ccc(F)cc1. The third-order valence-electron chi connectivity index (χ3n) is 3.97. The van der Waals surface area contributed by atoms with Gasteiger partial charge >= 0.3 is 0 Å². The Labute approximate surface area is 128 Å². The number of likely N-dealkylation sites (tertiary alicyclic amines) is 1. The topological polar surface area (TPSA) is 37.4 Å². The zero-order valence-electron chi connectivity index (χ0n) is 12.0. The minimum atomic E-state index is -0.431. The van der Waals surface area contributed by atoms with E-state index in [0.29, 0.717) is 24.1 Å². The Morgan fingerprint density at radius 3 is 2.32 bits per heavy atom. The van der Waals surface area contributed by atoms with Crippen molar-refractivity contribution in [3.8, 4) is 0 Å². The predicted molar refractivity (Wildman–Crippen MR) is 81.2 cm³/mol. The lowest BCUT2D eigenvalue weighted by molar-refractivity contribution is 0.0671. The molecular weight excluding hydrogens is 281 g/mol. The molecule has 3 rings (SSSR count). The minimum absolute atomic E-state index is 0.0337. The van der Waals surface area contributed by atoms with Crippen molar-refractivity contribution in [2.75, 3.05) is 6.54 Å². The van der Waals surface area contributed by atoms with Crippen molar-refractivity contribution in [3.05, 3.63) is 71.5 Å². The lowest BCUT2D eigenvalue weighted by Crippen LogP contribution is -2.40. The maximum absolute atomic E-state index is 13.0. The summed E-state index contributed by atoms with van der Waals surface area (Å²) in [6.45, 7) is 0.555. The Kier molecular flexibility index (Phi) is 4.00. The van der Waals surface area contributed by atoms with Crippen LogP contribution in [0, 0.1) is 5.82 Å². The van der Waals surface area contributed by atoms with Crippen molar-refractivity contribution < 1.29 is 14.0 Å². The zero-order chi connectivity index (χ0) is 15.5. The number of nitrogens with zero attached hydrogens (tertiary/aromatic N) is 1. The molecule has 1 fully saturated rings. The third-order valence-corrected chi connectivity index (χ3v) is 3.97. The normalized spacial score (nSPS) is 17.5. The van der Waals surface area contributed by atoms with Gasteiger partial charge in [0.15, 0.2) is 5.78 Å². The Morgan fingerprint density at radius 1 is 0.955 bits per heavy atom. The van der Waals surface area contributed by atoms with Crippen LogP contribution in [0.2, 0.25) is 0 Å². The summed E-state index contributed by atoms with van der Waals surface area (Å²) < 4.78 is 13.0. The second-order valence-corrected chi connectivity index (χ2v) is 5.39. The van der Waals surface area contributed by atoms with Gasteiger partial charge in [0.05, 0.1) is 6.04 Å².